The summed E-state index contributed by atoms with van der Waals surface area (Å²) in [5, 5.41) is 9.48. The van der Waals surface area contributed by atoms with Crippen molar-refractivity contribution in [3.8, 4) is 0 Å². The molecule has 0 aliphatic carbocycles. The van der Waals surface area contributed by atoms with E-state index in [1.165, 1.54) is 0 Å². The van der Waals surface area contributed by atoms with Crippen molar-refractivity contribution in [1.29, 1.82) is 0 Å². The van der Waals surface area contributed by atoms with E-state index in [2.05, 4.69) is 20.8 Å². The van der Waals surface area contributed by atoms with Crippen LogP contribution in [0.25, 0.3) is 0 Å². The molecule has 0 amide bonds. The van der Waals surface area contributed by atoms with Crippen LogP contribution in [0.4, 0.5) is 0 Å². The van der Waals surface area contributed by atoms with E-state index < -0.39 is 0 Å². The lowest BCUT2D eigenvalue weighted by atomic mass is 9.82. The van der Waals surface area contributed by atoms with Crippen molar-refractivity contribution in [2.75, 3.05) is 6.61 Å². The fraction of sp³-hybridized carbons (Fsp3) is 0.625. The van der Waals surface area contributed by atoms with Crippen molar-refractivity contribution in [2.45, 2.75) is 45.7 Å². The van der Waals surface area contributed by atoms with Gasteiger partial charge in [-0.25, -0.2) is 0 Å². The number of aliphatic hydroxyl groups excluding tert-OH is 1. The smallest absolute Gasteiger partial charge is 0.107 e. The molecule has 1 aromatic carbocycles. The second-order valence-electron chi connectivity index (χ2n) is 5.54. The largest absolute Gasteiger partial charge is 0.394 e. The average Bonchev–Trinajstić information content (AvgIpc) is 2.44. The minimum absolute atomic E-state index is 0.0147. The summed E-state index contributed by atoms with van der Waals surface area (Å²) in [5.74, 6) is 0.813. The van der Waals surface area contributed by atoms with Gasteiger partial charge < -0.3 is 14.6 Å². The molecule has 3 nitrogen and oxygen atoms in total. The third kappa shape index (κ3) is 3.35. The van der Waals surface area contributed by atoms with Gasteiger partial charge >= 0.3 is 0 Å². The lowest BCUT2D eigenvalue weighted by molar-refractivity contribution is -0.195. The molecule has 1 aromatic rings. The van der Waals surface area contributed by atoms with Gasteiger partial charge in [-0.05, 0) is 24.3 Å². The fourth-order valence-electron chi connectivity index (χ4n) is 2.72. The van der Waals surface area contributed by atoms with Crippen LogP contribution in [0.15, 0.2) is 30.3 Å². The van der Waals surface area contributed by atoms with Gasteiger partial charge in [0.25, 0.3) is 0 Å². The predicted octanol–water partition coefficient (Wildman–Crippen LogP) is 2.62. The highest BCUT2D eigenvalue weighted by atomic mass is 16.6. The minimum Gasteiger partial charge on any atom is -0.394 e. The molecule has 2 unspecified atom stereocenters. The summed E-state index contributed by atoms with van der Waals surface area (Å²) in [6, 6.07) is 10.1. The molecule has 0 aromatic heterocycles. The first-order valence-electron chi connectivity index (χ1n) is 7.05. The summed E-state index contributed by atoms with van der Waals surface area (Å²) in [4.78, 5) is 0. The summed E-state index contributed by atoms with van der Waals surface area (Å²) in [6.07, 6.45) is -0.0926. The fourth-order valence-corrected chi connectivity index (χ4v) is 2.72. The molecule has 1 heterocycles. The van der Waals surface area contributed by atoms with E-state index in [1.54, 1.807) is 0 Å². The van der Waals surface area contributed by atoms with E-state index in [0.29, 0.717) is 18.4 Å². The Labute approximate surface area is 115 Å². The SMILES string of the molecule is CC1[C@H](C)OC(CO)[C@H](OCc2ccccc2)[C@@H]1C. The van der Waals surface area contributed by atoms with Gasteiger partial charge in [0, 0.05) is 0 Å². The molecule has 1 N–H and O–H groups in total. The molecule has 5 atom stereocenters. The van der Waals surface area contributed by atoms with Crippen LogP contribution in [0.5, 0.6) is 0 Å². The Morgan fingerprint density at radius 1 is 1.11 bits per heavy atom. The van der Waals surface area contributed by atoms with E-state index in [1.807, 2.05) is 30.3 Å². The first-order valence-corrected chi connectivity index (χ1v) is 7.05. The number of hydrogen-bond donors (Lipinski definition) is 1. The van der Waals surface area contributed by atoms with Gasteiger partial charge in [-0.15, -0.1) is 0 Å². The van der Waals surface area contributed by atoms with Crippen LogP contribution < -0.4 is 0 Å². The number of aliphatic hydroxyl groups is 1. The van der Waals surface area contributed by atoms with Crippen LogP contribution in [-0.2, 0) is 16.1 Å². The quantitative estimate of drug-likeness (QED) is 0.908. The number of rotatable bonds is 4. The van der Waals surface area contributed by atoms with E-state index in [0.717, 1.165) is 5.56 Å². The minimum atomic E-state index is -0.218. The summed E-state index contributed by atoms with van der Waals surface area (Å²) in [6.45, 7) is 7.01. The van der Waals surface area contributed by atoms with Gasteiger partial charge in [0.05, 0.1) is 25.4 Å². The second kappa shape index (κ2) is 6.51. The Morgan fingerprint density at radius 2 is 1.79 bits per heavy atom. The lowest BCUT2D eigenvalue weighted by Gasteiger charge is -2.43. The first-order chi connectivity index (χ1) is 9.13. The molecule has 0 saturated carbocycles. The number of hydrogen-bond acceptors (Lipinski definition) is 3. The van der Waals surface area contributed by atoms with Gasteiger partial charge in [0.15, 0.2) is 0 Å². The third-order valence-electron chi connectivity index (χ3n) is 4.31. The Bertz CT molecular complexity index is 377. The molecule has 3 heteroatoms. The topological polar surface area (TPSA) is 38.7 Å². The molecular weight excluding hydrogens is 240 g/mol. The Balaban J connectivity index is 2.00. The Hall–Kier alpha value is -0.900. The highest BCUT2D eigenvalue weighted by molar-refractivity contribution is 5.13. The molecule has 1 fully saturated rings. The molecule has 1 aliphatic heterocycles. The van der Waals surface area contributed by atoms with Crippen molar-refractivity contribution in [3.05, 3.63) is 35.9 Å². The van der Waals surface area contributed by atoms with Gasteiger partial charge in [0.1, 0.15) is 6.10 Å². The zero-order chi connectivity index (χ0) is 13.8. The molecule has 19 heavy (non-hydrogen) atoms. The third-order valence-corrected chi connectivity index (χ3v) is 4.31. The zero-order valence-electron chi connectivity index (χ0n) is 12.0. The number of ether oxygens (including phenoxy) is 2. The monoisotopic (exact) mass is 264 g/mol. The van der Waals surface area contributed by atoms with Crippen LogP contribution in [0.1, 0.15) is 26.3 Å². The van der Waals surface area contributed by atoms with E-state index in [4.69, 9.17) is 9.47 Å². The average molecular weight is 264 g/mol. The van der Waals surface area contributed by atoms with Crippen molar-refractivity contribution >= 4 is 0 Å². The standard InChI is InChI=1S/C16H24O3/c1-11-12(2)16(15(9-17)19-13(11)3)18-10-14-7-5-4-6-8-14/h4-8,11-13,15-17H,9-10H2,1-3H3/t11?,12-,13+,15?,16-/m1/s1. The molecule has 0 spiro atoms. The van der Waals surface area contributed by atoms with Crippen molar-refractivity contribution < 1.29 is 14.6 Å². The first kappa shape index (κ1) is 14.5. The summed E-state index contributed by atoms with van der Waals surface area (Å²) >= 11 is 0. The molecule has 2 rings (SSSR count). The van der Waals surface area contributed by atoms with E-state index in [9.17, 15) is 5.11 Å². The van der Waals surface area contributed by atoms with Gasteiger partial charge in [-0.3, -0.25) is 0 Å². The van der Waals surface area contributed by atoms with Crippen molar-refractivity contribution in [1.82, 2.24) is 0 Å². The van der Waals surface area contributed by atoms with Crippen LogP contribution in [-0.4, -0.2) is 30.0 Å². The normalized spacial score (nSPS) is 35.3. The van der Waals surface area contributed by atoms with E-state index >= 15 is 0 Å². The summed E-state index contributed by atoms with van der Waals surface area (Å²) in [5.41, 5.74) is 1.15. The van der Waals surface area contributed by atoms with Crippen LogP contribution in [0.2, 0.25) is 0 Å². The van der Waals surface area contributed by atoms with Gasteiger partial charge in [-0.2, -0.15) is 0 Å². The van der Waals surface area contributed by atoms with Crippen LogP contribution in [0.3, 0.4) is 0 Å². The molecule has 0 bridgehead atoms. The maximum Gasteiger partial charge on any atom is 0.107 e. The predicted molar refractivity (Wildman–Crippen MR) is 74.8 cm³/mol. The zero-order valence-corrected chi connectivity index (χ0v) is 12.0. The molecule has 1 aliphatic rings. The Morgan fingerprint density at radius 3 is 2.42 bits per heavy atom. The number of benzene rings is 1. The highest BCUT2D eigenvalue weighted by Crippen LogP contribution is 2.32. The highest BCUT2D eigenvalue weighted by Gasteiger charge is 2.39. The second-order valence-corrected chi connectivity index (χ2v) is 5.54. The summed E-state index contributed by atoms with van der Waals surface area (Å²) in [7, 11) is 0. The van der Waals surface area contributed by atoms with Gasteiger partial charge in [-0.1, -0.05) is 44.2 Å². The Kier molecular flexibility index (Phi) is 4.97. The summed E-state index contributed by atoms with van der Waals surface area (Å²) < 4.78 is 11.9. The van der Waals surface area contributed by atoms with Gasteiger partial charge in [0.2, 0.25) is 0 Å². The molecule has 0 radical (unpaired) electrons. The maximum absolute atomic E-state index is 9.48. The maximum atomic E-state index is 9.48. The van der Waals surface area contributed by atoms with E-state index in [-0.39, 0.29) is 24.9 Å². The molecule has 106 valence electrons. The van der Waals surface area contributed by atoms with Crippen molar-refractivity contribution in [3.63, 3.8) is 0 Å². The lowest BCUT2D eigenvalue weighted by Crippen LogP contribution is -2.50. The molecular formula is C16H24O3. The molecule has 1 saturated heterocycles. The van der Waals surface area contributed by atoms with Crippen LogP contribution in [0, 0.1) is 11.8 Å². The van der Waals surface area contributed by atoms with Crippen molar-refractivity contribution in [2.24, 2.45) is 11.8 Å². The van der Waals surface area contributed by atoms with Crippen LogP contribution >= 0.6 is 0 Å².